The van der Waals surface area contributed by atoms with Crippen LogP contribution in [-0.4, -0.2) is 45.9 Å². The number of carboxylic acids is 1. The van der Waals surface area contributed by atoms with E-state index in [4.69, 9.17) is 0 Å². The second-order valence-corrected chi connectivity index (χ2v) is 7.29. The van der Waals surface area contributed by atoms with Gasteiger partial charge in [0.25, 0.3) is 0 Å². The molecule has 2 fully saturated rings. The van der Waals surface area contributed by atoms with Gasteiger partial charge in [0.05, 0.1) is 11.8 Å². The van der Waals surface area contributed by atoms with Crippen LogP contribution in [0.4, 0.5) is 0 Å². The average molecular weight is 296 g/mol. The Bertz CT molecular complexity index is 476. The number of piperidine rings is 1. The second kappa shape index (κ2) is 4.80. The van der Waals surface area contributed by atoms with E-state index in [0.717, 1.165) is 0 Å². The van der Waals surface area contributed by atoms with Crippen LogP contribution in [0.2, 0.25) is 0 Å². The topological polar surface area (TPSA) is 86.7 Å². The Hall–Kier alpha value is -1.43. The number of fused-ring (bicyclic) bond motifs is 1. The number of carbonyl (C=O) groups is 3. The van der Waals surface area contributed by atoms with Crippen molar-refractivity contribution in [1.29, 1.82) is 0 Å². The zero-order chi connectivity index (χ0) is 16.2. The van der Waals surface area contributed by atoms with Gasteiger partial charge in [0.2, 0.25) is 11.8 Å². The highest BCUT2D eigenvalue weighted by atomic mass is 16.4. The molecule has 6 heteroatoms. The average Bonchev–Trinajstić information content (AvgIpc) is 2.78. The highest BCUT2D eigenvalue weighted by Gasteiger charge is 2.72. The third kappa shape index (κ3) is 2.46. The number of hydrogen-bond donors (Lipinski definition) is 2. The lowest BCUT2D eigenvalue weighted by atomic mass is 9.96. The summed E-state index contributed by atoms with van der Waals surface area (Å²) in [4.78, 5) is 37.1. The van der Waals surface area contributed by atoms with Gasteiger partial charge in [-0.1, -0.05) is 13.8 Å². The predicted octanol–water partition coefficient (Wildman–Crippen LogP) is 0.859. The van der Waals surface area contributed by atoms with Crippen LogP contribution in [0.15, 0.2) is 0 Å². The SMILES string of the molecule is CC(C)NC(C)(CCN1C(=O)C2C(C1=O)C2(C)C)C(=O)O. The molecular weight excluding hydrogens is 272 g/mol. The number of likely N-dealkylation sites (tertiary alicyclic amines) is 1. The van der Waals surface area contributed by atoms with Gasteiger partial charge in [-0.25, -0.2) is 0 Å². The number of carbonyl (C=O) groups excluding carboxylic acids is 2. The number of nitrogens with zero attached hydrogens (tertiary/aromatic N) is 1. The fraction of sp³-hybridized carbons (Fsp3) is 0.800. The normalized spacial score (nSPS) is 29.5. The van der Waals surface area contributed by atoms with Crippen molar-refractivity contribution >= 4 is 17.8 Å². The smallest absolute Gasteiger partial charge is 0.323 e. The Labute approximate surface area is 124 Å². The molecule has 21 heavy (non-hydrogen) atoms. The quantitative estimate of drug-likeness (QED) is 0.710. The van der Waals surface area contributed by atoms with Gasteiger partial charge in [0, 0.05) is 12.6 Å². The van der Waals surface area contributed by atoms with Crippen LogP contribution >= 0.6 is 0 Å². The molecular formula is C15H24N2O4. The standard InChI is InChI=1S/C15H24N2O4/c1-8(2)16-15(5,13(20)21)6-7-17-11(18)9-10(12(17)19)14(9,3)4/h8-10,16H,6-7H2,1-5H3,(H,20,21). The van der Waals surface area contributed by atoms with Gasteiger partial charge in [-0.05, 0) is 32.6 Å². The van der Waals surface area contributed by atoms with E-state index in [2.05, 4.69) is 5.32 Å². The summed E-state index contributed by atoms with van der Waals surface area (Å²) < 4.78 is 0. The van der Waals surface area contributed by atoms with Crippen molar-refractivity contribution in [2.75, 3.05) is 6.54 Å². The van der Waals surface area contributed by atoms with Crippen molar-refractivity contribution in [1.82, 2.24) is 10.2 Å². The van der Waals surface area contributed by atoms with E-state index in [1.54, 1.807) is 6.92 Å². The third-order valence-electron chi connectivity index (χ3n) is 4.81. The molecule has 0 aromatic carbocycles. The molecule has 6 nitrogen and oxygen atoms in total. The number of aliphatic carboxylic acids is 1. The summed E-state index contributed by atoms with van der Waals surface area (Å²) in [6.45, 7) is 9.33. The molecule has 0 spiro atoms. The van der Waals surface area contributed by atoms with Crippen molar-refractivity contribution < 1.29 is 19.5 Å². The number of carboxylic acid groups (broad SMARTS) is 1. The molecule has 1 aliphatic carbocycles. The molecule has 118 valence electrons. The van der Waals surface area contributed by atoms with Gasteiger partial charge in [0.1, 0.15) is 5.54 Å². The van der Waals surface area contributed by atoms with Gasteiger partial charge in [0.15, 0.2) is 0 Å². The van der Waals surface area contributed by atoms with Crippen molar-refractivity contribution in [2.45, 2.75) is 52.6 Å². The van der Waals surface area contributed by atoms with Crippen molar-refractivity contribution in [3.63, 3.8) is 0 Å². The number of imide groups is 1. The maximum Gasteiger partial charge on any atom is 0.323 e. The molecule has 2 aliphatic rings. The maximum absolute atomic E-state index is 12.2. The summed E-state index contributed by atoms with van der Waals surface area (Å²) in [5.74, 6) is -1.68. The summed E-state index contributed by atoms with van der Waals surface area (Å²) in [7, 11) is 0. The van der Waals surface area contributed by atoms with E-state index >= 15 is 0 Å². The summed E-state index contributed by atoms with van der Waals surface area (Å²) >= 11 is 0. The molecule has 2 amide bonds. The van der Waals surface area contributed by atoms with Crippen LogP contribution in [-0.2, 0) is 14.4 Å². The summed E-state index contributed by atoms with van der Waals surface area (Å²) in [5, 5.41) is 12.4. The minimum Gasteiger partial charge on any atom is -0.480 e. The van der Waals surface area contributed by atoms with E-state index < -0.39 is 11.5 Å². The maximum atomic E-state index is 12.2. The van der Waals surface area contributed by atoms with Gasteiger partial charge in [-0.2, -0.15) is 0 Å². The van der Waals surface area contributed by atoms with E-state index in [-0.39, 0.29) is 48.1 Å². The van der Waals surface area contributed by atoms with E-state index in [1.165, 1.54) is 4.90 Å². The Morgan fingerprint density at radius 2 is 1.81 bits per heavy atom. The first-order valence-corrected chi connectivity index (χ1v) is 7.38. The first-order chi connectivity index (χ1) is 9.52. The van der Waals surface area contributed by atoms with Gasteiger partial charge >= 0.3 is 5.97 Å². The zero-order valence-corrected chi connectivity index (χ0v) is 13.3. The molecule has 3 atom stereocenters. The lowest BCUT2D eigenvalue weighted by Crippen LogP contribution is -2.54. The van der Waals surface area contributed by atoms with E-state index in [0.29, 0.717) is 0 Å². The first-order valence-electron chi connectivity index (χ1n) is 7.38. The highest BCUT2D eigenvalue weighted by Crippen LogP contribution is 2.63. The molecule has 0 aromatic heterocycles. The minimum atomic E-state index is -1.14. The molecule has 3 unspecified atom stereocenters. The molecule has 0 bridgehead atoms. The Kier molecular flexibility index (Phi) is 3.64. The number of rotatable bonds is 6. The highest BCUT2D eigenvalue weighted by molar-refractivity contribution is 6.10. The largest absolute Gasteiger partial charge is 0.480 e. The Morgan fingerprint density at radius 1 is 1.33 bits per heavy atom. The first kappa shape index (κ1) is 15.9. The fourth-order valence-electron chi connectivity index (χ4n) is 3.44. The molecule has 1 saturated heterocycles. The van der Waals surface area contributed by atoms with Crippen molar-refractivity contribution in [3.05, 3.63) is 0 Å². The van der Waals surface area contributed by atoms with Crippen LogP contribution in [0.5, 0.6) is 0 Å². The number of hydrogen-bond acceptors (Lipinski definition) is 4. The van der Waals surface area contributed by atoms with Crippen LogP contribution in [0.25, 0.3) is 0 Å². The van der Waals surface area contributed by atoms with E-state index in [9.17, 15) is 19.5 Å². The summed E-state index contributed by atoms with van der Waals surface area (Å²) in [6.07, 6.45) is 0.206. The van der Waals surface area contributed by atoms with Gasteiger partial charge < -0.3 is 5.11 Å². The Balaban J connectivity index is 2.02. The predicted molar refractivity (Wildman–Crippen MR) is 76.4 cm³/mol. The molecule has 0 radical (unpaired) electrons. The van der Waals surface area contributed by atoms with Gasteiger partial charge in [-0.3, -0.25) is 24.6 Å². The zero-order valence-electron chi connectivity index (χ0n) is 13.3. The fourth-order valence-corrected chi connectivity index (χ4v) is 3.44. The van der Waals surface area contributed by atoms with E-state index in [1.807, 2.05) is 27.7 Å². The lowest BCUT2D eigenvalue weighted by Gasteiger charge is -2.31. The van der Waals surface area contributed by atoms with Crippen LogP contribution < -0.4 is 5.32 Å². The second-order valence-electron chi connectivity index (χ2n) is 7.29. The summed E-state index contributed by atoms with van der Waals surface area (Å²) in [6, 6.07) is 0.00316. The lowest BCUT2D eigenvalue weighted by molar-refractivity contribution is -0.148. The molecule has 1 aliphatic heterocycles. The van der Waals surface area contributed by atoms with Crippen molar-refractivity contribution in [3.8, 4) is 0 Å². The molecule has 2 N–H and O–H groups in total. The molecule has 1 saturated carbocycles. The Morgan fingerprint density at radius 3 is 2.19 bits per heavy atom. The number of amides is 2. The molecule has 1 heterocycles. The molecule has 2 rings (SSSR count). The third-order valence-corrected chi connectivity index (χ3v) is 4.81. The summed E-state index contributed by atoms with van der Waals surface area (Å²) in [5.41, 5.74) is -1.37. The number of nitrogens with one attached hydrogen (secondary N) is 1. The molecule has 0 aromatic rings. The van der Waals surface area contributed by atoms with Crippen LogP contribution in [0.3, 0.4) is 0 Å². The monoisotopic (exact) mass is 296 g/mol. The van der Waals surface area contributed by atoms with Crippen LogP contribution in [0.1, 0.15) is 41.0 Å². The van der Waals surface area contributed by atoms with Crippen molar-refractivity contribution in [2.24, 2.45) is 17.3 Å². The minimum absolute atomic E-state index is 0.00316. The van der Waals surface area contributed by atoms with Gasteiger partial charge in [-0.15, -0.1) is 0 Å². The van der Waals surface area contributed by atoms with Crippen LogP contribution in [0, 0.1) is 17.3 Å².